The molecule has 176 valence electrons. The highest BCUT2D eigenvalue weighted by Gasteiger charge is 2.46. The number of aliphatic hydroxyl groups is 1. The number of ether oxygens (including phenoxy) is 1. The second-order valence-electron chi connectivity index (χ2n) is 8.05. The first-order chi connectivity index (χ1) is 16.3. The lowest BCUT2D eigenvalue weighted by Crippen LogP contribution is -2.31. The van der Waals surface area contributed by atoms with Gasteiger partial charge in [-0.3, -0.25) is 14.6 Å². The summed E-state index contributed by atoms with van der Waals surface area (Å²) in [5.41, 5.74) is 1.94. The number of hydrogen-bond donors (Lipinski definition) is 2. The van der Waals surface area contributed by atoms with Gasteiger partial charge in [0.15, 0.2) is 0 Å². The number of amides is 1. The Balaban J connectivity index is 1.78. The van der Waals surface area contributed by atoms with Gasteiger partial charge in [-0.1, -0.05) is 6.07 Å². The number of carbonyl (C=O) groups is 3. The van der Waals surface area contributed by atoms with Crippen molar-refractivity contribution in [1.82, 2.24) is 24.4 Å². The lowest BCUT2D eigenvalue weighted by molar-refractivity contribution is -0.139. The molecule has 1 atom stereocenters. The van der Waals surface area contributed by atoms with Crippen LogP contribution in [0.5, 0.6) is 0 Å². The zero-order chi connectivity index (χ0) is 24.4. The number of H-pyrrole nitrogens is 1. The third kappa shape index (κ3) is 3.98. The number of aliphatic hydroxyl groups excluding tert-OH is 1. The molecular weight excluding hydrogens is 438 g/mol. The number of aryl methyl sites for hydroxylation is 2. The van der Waals surface area contributed by atoms with E-state index >= 15 is 0 Å². The van der Waals surface area contributed by atoms with Gasteiger partial charge in [0, 0.05) is 49.1 Å². The van der Waals surface area contributed by atoms with Crippen molar-refractivity contribution in [3.63, 3.8) is 0 Å². The number of carbonyl (C=O) groups excluding carboxylic acids is 3. The number of hydrogen-bond acceptors (Lipinski definition) is 7. The van der Waals surface area contributed by atoms with E-state index < -0.39 is 23.7 Å². The Hall–Kier alpha value is -4.21. The predicted molar refractivity (Wildman–Crippen MR) is 122 cm³/mol. The smallest absolute Gasteiger partial charge is 0.354 e. The molecule has 0 bridgehead atoms. The van der Waals surface area contributed by atoms with E-state index in [1.54, 1.807) is 50.9 Å². The fourth-order valence-electron chi connectivity index (χ4n) is 4.38. The van der Waals surface area contributed by atoms with Crippen LogP contribution in [0.4, 0.5) is 0 Å². The summed E-state index contributed by atoms with van der Waals surface area (Å²) in [7, 11) is 1.26. The standard InChI is InChI=1S/C24H25N5O5/c1-14-17(15(2)27-19(14)24(33)34-3)21(30)18-20(16-6-4-7-25-12-16)29(23(32)22(18)31)10-5-9-28-11-8-26-13-28/h4,6-8,11-13,20,27,30H,5,9-10H2,1-3H3/b21-18-. The van der Waals surface area contributed by atoms with Crippen LogP contribution >= 0.6 is 0 Å². The molecular formula is C24H25N5O5. The molecule has 2 N–H and O–H groups in total. The quantitative estimate of drug-likeness (QED) is 0.238. The molecule has 10 heteroatoms. The van der Waals surface area contributed by atoms with Crippen LogP contribution in [0.25, 0.3) is 5.76 Å². The molecule has 0 spiro atoms. The van der Waals surface area contributed by atoms with Crippen molar-refractivity contribution in [2.45, 2.75) is 32.9 Å². The number of nitrogens with zero attached hydrogens (tertiary/aromatic N) is 4. The fourth-order valence-corrected chi connectivity index (χ4v) is 4.38. The number of likely N-dealkylation sites (tertiary alicyclic amines) is 1. The molecule has 0 saturated carbocycles. The normalized spacial score (nSPS) is 17.4. The second kappa shape index (κ2) is 9.34. The van der Waals surface area contributed by atoms with E-state index in [2.05, 4.69) is 15.0 Å². The predicted octanol–water partition coefficient (Wildman–Crippen LogP) is 2.52. The van der Waals surface area contributed by atoms with Gasteiger partial charge in [-0.25, -0.2) is 9.78 Å². The maximum atomic E-state index is 13.2. The average Bonchev–Trinajstić information content (AvgIpc) is 3.52. The van der Waals surface area contributed by atoms with Crippen LogP contribution in [0.2, 0.25) is 0 Å². The molecule has 1 aliphatic rings. The van der Waals surface area contributed by atoms with E-state index in [4.69, 9.17) is 4.74 Å². The summed E-state index contributed by atoms with van der Waals surface area (Å²) in [6, 6.07) is 2.66. The maximum Gasteiger partial charge on any atom is 0.354 e. The molecule has 34 heavy (non-hydrogen) atoms. The van der Waals surface area contributed by atoms with E-state index in [-0.39, 0.29) is 23.6 Å². The van der Waals surface area contributed by atoms with Gasteiger partial charge in [0.05, 0.1) is 25.1 Å². The van der Waals surface area contributed by atoms with E-state index in [1.165, 1.54) is 12.0 Å². The third-order valence-corrected chi connectivity index (χ3v) is 5.98. The molecule has 4 heterocycles. The van der Waals surface area contributed by atoms with Crippen molar-refractivity contribution in [1.29, 1.82) is 0 Å². The van der Waals surface area contributed by atoms with E-state index in [0.717, 1.165) is 0 Å². The Labute approximate surface area is 195 Å². The second-order valence-corrected chi connectivity index (χ2v) is 8.05. The maximum absolute atomic E-state index is 13.2. The SMILES string of the molecule is COC(=O)c1[nH]c(C)c(/C(O)=C2/C(=O)C(=O)N(CCCn3ccnc3)C2c2cccnc2)c1C. The molecule has 0 aliphatic carbocycles. The summed E-state index contributed by atoms with van der Waals surface area (Å²) in [5.74, 6) is -2.41. The van der Waals surface area contributed by atoms with Gasteiger partial charge < -0.3 is 24.3 Å². The Bertz CT molecular complexity index is 1260. The Kier molecular flexibility index (Phi) is 6.31. The van der Waals surface area contributed by atoms with Gasteiger partial charge >= 0.3 is 5.97 Å². The minimum atomic E-state index is -0.813. The summed E-state index contributed by atoms with van der Waals surface area (Å²) in [5, 5.41) is 11.3. The molecule has 1 saturated heterocycles. The van der Waals surface area contributed by atoms with E-state index in [0.29, 0.717) is 35.3 Å². The monoisotopic (exact) mass is 463 g/mol. The highest BCUT2D eigenvalue weighted by atomic mass is 16.5. The molecule has 0 aromatic carbocycles. The topological polar surface area (TPSA) is 130 Å². The number of ketones is 1. The fraction of sp³-hybridized carbons (Fsp3) is 0.292. The van der Waals surface area contributed by atoms with Crippen molar-refractivity contribution < 1.29 is 24.2 Å². The van der Waals surface area contributed by atoms with Crippen LogP contribution in [0.1, 0.15) is 45.3 Å². The first-order valence-corrected chi connectivity index (χ1v) is 10.8. The van der Waals surface area contributed by atoms with Gasteiger partial charge in [-0.05, 0) is 37.5 Å². The average molecular weight is 463 g/mol. The van der Waals surface area contributed by atoms with Gasteiger partial charge in [-0.15, -0.1) is 0 Å². The molecule has 3 aromatic heterocycles. The van der Waals surface area contributed by atoms with E-state index in [1.807, 2.05) is 10.8 Å². The van der Waals surface area contributed by atoms with Crippen molar-refractivity contribution >= 4 is 23.4 Å². The van der Waals surface area contributed by atoms with Crippen LogP contribution in [0, 0.1) is 13.8 Å². The molecule has 1 amide bonds. The highest BCUT2D eigenvalue weighted by Crippen LogP contribution is 2.40. The Morgan fingerprint density at radius 2 is 2.00 bits per heavy atom. The Morgan fingerprint density at radius 1 is 1.21 bits per heavy atom. The van der Waals surface area contributed by atoms with Crippen LogP contribution in [-0.4, -0.2) is 60.8 Å². The van der Waals surface area contributed by atoms with Crippen LogP contribution in [0.15, 0.2) is 48.8 Å². The molecule has 1 unspecified atom stereocenters. The number of rotatable bonds is 7. The Morgan fingerprint density at radius 3 is 2.65 bits per heavy atom. The van der Waals surface area contributed by atoms with Crippen LogP contribution < -0.4 is 0 Å². The van der Waals surface area contributed by atoms with Crippen molar-refractivity contribution in [2.24, 2.45) is 0 Å². The zero-order valence-corrected chi connectivity index (χ0v) is 19.1. The molecule has 10 nitrogen and oxygen atoms in total. The van der Waals surface area contributed by atoms with E-state index in [9.17, 15) is 19.5 Å². The molecule has 1 aliphatic heterocycles. The van der Waals surface area contributed by atoms with Crippen molar-refractivity contribution in [2.75, 3.05) is 13.7 Å². The number of imidazole rings is 1. The minimum absolute atomic E-state index is 0.0396. The summed E-state index contributed by atoms with van der Waals surface area (Å²) in [6.07, 6.45) is 8.92. The number of methoxy groups -OCH3 is 1. The lowest BCUT2D eigenvalue weighted by atomic mass is 9.95. The van der Waals surface area contributed by atoms with Gasteiger partial charge in [0.1, 0.15) is 11.5 Å². The van der Waals surface area contributed by atoms with Crippen molar-refractivity contribution in [3.8, 4) is 0 Å². The number of nitrogens with one attached hydrogen (secondary N) is 1. The molecule has 0 radical (unpaired) electrons. The van der Waals surface area contributed by atoms with Crippen LogP contribution in [-0.2, 0) is 20.9 Å². The third-order valence-electron chi connectivity index (χ3n) is 5.98. The van der Waals surface area contributed by atoms with Gasteiger partial charge in [0.25, 0.3) is 11.7 Å². The van der Waals surface area contributed by atoms with Gasteiger partial charge in [0.2, 0.25) is 0 Å². The lowest BCUT2D eigenvalue weighted by Gasteiger charge is -2.25. The number of Topliss-reactive ketones (excluding diaryl/α,β-unsaturated/α-hetero) is 1. The van der Waals surface area contributed by atoms with Gasteiger partial charge in [-0.2, -0.15) is 0 Å². The summed E-state index contributed by atoms with van der Waals surface area (Å²) >= 11 is 0. The number of esters is 1. The first kappa shape index (κ1) is 23.0. The highest BCUT2D eigenvalue weighted by molar-refractivity contribution is 6.46. The molecule has 1 fully saturated rings. The molecule has 3 aromatic rings. The zero-order valence-electron chi connectivity index (χ0n) is 19.1. The largest absolute Gasteiger partial charge is 0.507 e. The summed E-state index contributed by atoms with van der Waals surface area (Å²) in [4.78, 5) is 50.9. The number of pyridine rings is 1. The minimum Gasteiger partial charge on any atom is -0.507 e. The number of aromatic nitrogens is 4. The van der Waals surface area contributed by atoms with Crippen molar-refractivity contribution in [3.05, 3.63) is 76.9 Å². The summed E-state index contributed by atoms with van der Waals surface area (Å²) < 4.78 is 6.68. The first-order valence-electron chi connectivity index (χ1n) is 10.8. The number of aromatic amines is 1. The molecule has 4 rings (SSSR count). The summed E-state index contributed by atoms with van der Waals surface area (Å²) in [6.45, 7) is 4.22. The van der Waals surface area contributed by atoms with Crippen LogP contribution in [0.3, 0.4) is 0 Å².